The molecule has 4 rings (SSSR count). The molecule has 0 radical (unpaired) electrons. The molecule has 0 aliphatic heterocycles. The van der Waals surface area contributed by atoms with Crippen LogP contribution in [0, 0.1) is 13.8 Å². The minimum Gasteiger partial charge on any atom is -0.352 e. The van der Waals surface area contributed by atoms with Crippen molar-refractivity contribution in [1.82, 2.24) is 10.2 Å². The lowest BCUT2D eigenvalue weighted by Gasteiger charge is -2.32. The quantitative estimate of drug-likeness (QED) is 0.379. The van der Waals surface area contributed by atoms with Gasteiger partial charge in [-0.15, -0.1) is 0 Å². The topological polar surface area (TPSA) is 49.4 Å². The highest BCUT2D eigenvalue weighted by Gasteiger charge is 2.32. The molecule has 1 aliphatic rings. The van der Waals surface area contributed by atoms with Gasteiger partial charge in [-0.05, 0) is 55.5 Å². The fourth-order valence-corrected chi connectivity index (χ4v) is 5.41. The molecule has 0 aromatic heterocycles. The number of amides is 2. The number of nitrogens with zero attached hydrogens (tertiary/aromatic N) is 1. The number of rotatable bonds is 9. The van der Waals surface area contributed by atoms with Crippen LogP contribution in [0.1, 0.15) is 53.5 Å². The van der Waals surface area contributed by atoms with Crippen LogP contribution in [0.5, 0.6) is 0 Å². The van der Waals surface area contributed by atoms with Crippen LogP contribution in [0.2, 0.25) is 5.02 Å². The van der Waals surface area contributed by atoms with Crippen LogP contribution >= 0.6 is 11.6 Å². The van der Waals surface area contributed by atoms with Gasteiger partial charge in [0.1, 0.15) is 6.04 Å². The molecule has 1 fully saturated rings. The maximum absolute atomic E-state index is 13.9. The van der Waals surface area contributed by atoms with E-state index in [1.54, 1.807) is 4.90 Å². The van der Waals surface area contributed by atoms with E-state index in [1.807, 2.05) is 80.6 Å². The van der Waals surface area contributed by atoms with Crippen LogP contribution in [-0.2, 0) is 29.0 Å². The third kappa shape index (κ3) is 7.20. The minimum atomic E-state index is -0.620. The Morgan fingerprint density at radius 2 is 1.56 bits per heavy atom. The van der Waals surface area contributed by atoms with Crippen molar-refractivity contribution in [2.45, 2.75) is 71.0 Å². The molecule has 1 N–H and O–H groups in total. The molecule has 1 saturated carbocycles. The Morgan fingerprint density at radius 1 is 0.889 bits per heavy atom. The highest BCUT2D eigenvalue weighted by molar-refractivity contribution is 6.30. The highest BCUT2D eigenvalue weighted by Crippen LogP contribution is 2.22. The van der Waals surface area contributed by atoms with Crippen molar-refractivity contribution in [3.8, 4) is 0 Å². The average Bonchev–Trinajstić information content (AvgIpc) is 3.34. The number of hydrogen-bond donors (Lipinski definition) is 1. The van der Waals surface area contributed by atoms with Gasteiger partial charge in [0.25, 0.3) is 0 Å². The first-order chi connectivity index (χ1) is 17.4. The molecule has 36 heavy (non-hydrogen) atoms. The molecule has 4 nitrogen and oxygen atoms in total. The molecule has 2 amide bonds. The summed E-state index contributed by atoms with van der Waals surface area (Å²) in [7, 11) is 0. The molecule has 0 saturated heterocycles. The fourth-order valence-electron chi connectivity index (χ4n) is 5.20. The average molecular weight is 503 g/mol. The largest absolute Gasteiger partial charge is 0.352 e. The molecule has 5 heteroatoms. The number of hydrogen-bond acceptors (Lipinski definition) is 2. The Kier molecular flexibility index (Phi) is 8.82. The molecular weight excluding hydrogens is 468 g/mol. The van der Waals surface area contributed by atoms with Crippen LogP contribution in [0.15, 0.2) is 72.8 Å². The van der Waals surface area contributed by atoms with Gasteiger partial charge < -0.3 is 10.2 Å². The van der Waals surface area contributed by atoms with Gasteiger partial charge in [0.05, 0.1) is 6.42 Å². The van der Waals surface area contributed by atoms with E-state index in [1.165, 1.54) is 0 Å². The van der Waals surface area contributed by atoms with Crippen molar-refractivity contribution in [3.63, 3.8) is 0 Å². The second-order valence-corrected chi connectivity index (χ2v) is 10.5. The Balaban J connectivity index is 1.67. The van der Waals surface area contributed by atoms with Gasteiger partial charge in [-0.1, -0.05) is 96.2 Å². The molecule has 0 heterocycles. The first kappa shape index (κ1) is 26.0. The Morgan fingerprint density at radius 3 is 2.22 bits per heavy atom. The zero-order chi connectivity index (χ0) is 25.5. The van der Waals surface area contributed by atoms with Crippen LogP contribution in [0.4, 0.5) is 0 Å². The molecule has 0 bridgehead atoms. The first-order valence-electron chi connectivity index (χ1n) is 12.8. The van der Waals surface area contributed by atoms with Crippen molar-refractivity contribution in [1.29, 1.82) is 0 Å². The third-order valence-electron chi connectivity index (χ3n) is 6.85. The van der Waals surface area contributed by atoms with E-state index in [0.717, 1.165) is 53.5 Å². The van der Waals surface area contributed by atoms with E-state index in [-0.39, 0.29) is 24.3 Å². The van der Waals surface area contributed by atoms with Gasteiger partial charge in [0.2, 0.25) is 11.8 Å². The molecular formula is C31H35ClN2O2. The smallest absolute Gasteiger partial charge is 0.243 e. The second kappa shape index (κ2) is 12.2. The standard InChI is InChI=1S/C31H35ClN2O2/c1-22-15-23(2)17-26(16-22)20-30(35)34(21-25-11-8-12-27(32)18-25)29(19-24-9-4-3-5-10-24)31(36)33-28-13-6-7-14-28/h3-5,8-12,15-18,28-29H,6-7,13-14,19-21H2,1-2H3,(H,33,36). The second-order valence-electron chi connectivity index (χ2n) is 10.0. The lowest BCUT2D eigenvalue weighted by molar-refractivity contribution is -0.141. The maximum Gasteiger partial charge on any atom is 0.243 e. The summed E-state index contributed by atoms with van der Waals surface area (Å²) in [6.07, 6.45) is 4.95. The summed E-state index contributed by atoms with van der Waals surface area (Å²) in [6, 6.07) is 23.2. The zero-order valence-corrected chi connectivity index (χ0v) is 21.9. The summed E-state index contributed by atoms with van der Waals surface area (Å²) >= 11 is 6.28. The summed E-state index contributed by atoms with van der Waals surface area (Å²) in [4.78, 5) is 29.4. The number of nitrogens with one attached hydrogen (secondary N) is 1. The number of benzene rings is 3. The number of carbonyl (C=O) groups is 2. The van der Waals surface area contributed by atoms with Gasteiger partial charge in [0, 0.05) is 24.0 Å². The highest BCUT2D eigenvalue weighted by atomic mass is 35.5. The summed E-state index contributed by atoms with van der Waals surface area (Å²) < 4.78 is 0. The van der Waals surface area contributed by atoms with Crippen LogP contribution in [0.3, 0.4) is 0 Å². The predicted octanol–water partition coefficient (Wildman–Crippen LogP) is 6.20. The summed E-state index contributed by atoms with van der Waals surface area (Å²) in [5.41, 5.74) is 5.14. The normalized spacial score (nSPS) is 14.4. The van der Waals surface area contributed by atoms with E-state index in [0.29, 0.717) is 18.0 Å². The lowest BCUT2D eigenvalue weighted by Crippen LogP contribution is -2.52. The SMILES string of the molecule is Cc1cc(C)cc(CC(=O)N(Cc2cccc(Cl)c2)C(Cc2ccccc2)C(=O)NC2CCCC2)c1. The molecule has 1 unspecified atom stereocenters. The maximum atomic E-state index is 13.9. The summed E-state index contributed by atoms with van der Waals surface area (Å²) in [5, 5.41) is 3.87. The summed E-state index contributed by atoms with van der Waals surface area (Å²) in [6.45, 7) is 4.40. The van der Waals surface area contributed by atoms with Crippen LogP contribution < -0.4 is 5.32 Å². The van der Waals surface area contributed by atoms with Crippen molar-refractivity contribution in [2.75, 3.05) is 0 Å². The van der Waals surface area contributed by atoms with Crippen molar-refractivity contribution >= 4 is 23.4 Å². The molecule has 3 aromatic carbocycles. The predicted molar refractivity (Wildman–Crippen MR) is 146 cm³/mol. The summed E-state index contributed by atoms with van der Waals surface area (Å²) in [5.74, 6) is -0.149. The van der Waals surface area contributed by atoms with Crippen molar-refractivity contribution in [2.24, 2.45) is 0 Å². The van der Waals surface area contributed by atoms with Crippen molar-refractivity contribution < 1.29 is 9.59 Å². The van der Waals surface area contributed by atoms with Gasteiger partial charge in [0.15, 0.2) is 0 Å². The van der Waals surface area contributed by atoms with Gasteiger partial charge >= 0.3 is 0 Å². The number of halogens is 1. The van der Waals surface area contributed by atoms with E-state index in [4.69, 9.17) is 11.6 Å². The van der Waals surface area contributed by atoms with E-state index < -0.39 is 6.04 Å². The van der Waals surface area contributed by atoms with Crippen LogP contribution in [0.25, 0.3) is 0 Å². The van der Waals surface area contributed by atoms with Gasteiger partial charge in [-0.25, -0.2) is 0 Å². The monoisotopic (exact) mass is 502 g/mol. The molecule has 188 valence electrons. The fraction of sp³-hybridized carbons (Fsp3) is 0.355. The Hall–Kier alpha value is -3.11. The molecule has 1 atom stereocenters. The Bertz CT molecular complexity index is 1170. The van der Waals surface area contributed by atoms with Gasteiger partial charge in [-0.2, -0.15) is 0 Å². The zero-order valence-electron chi connectivity index (χ0n) is 21.2. The lowest BCUT2D eigenvalue weighted by atomic mass is 10.00. The molecule has 3 aromatic rings. The number of aryl methyl sites for hydroxylation is 2. The van der Waals surface area contributed by atoms with Crippen LogP contribution in [-0.4, -0.2) is 28.8 Å². The molecule has 0 spiro atoms. The first-order valence-corrected chi connectivity index (χ1v) is 13.2. The van der Waals surface area contributed by atoms with Gasteiger partial charge in [-0.3, -0.25) is 9.59 Å². The van der Waals surface area contributed by atoms with Crippen molar-refractivity contribution in [3.05, 3.63) is 106 Å². The minimum absolute atomic E-state index is 0.0671. The third-order valence-corrected chi connectivity index (χ3v) is 7.09. The number of carbonyl (C=O) groups excluding carboxylic acids is 2. The Labute approximate surface area is 219 Å². The van der Waals surface area contributed by atoms with E-state index in [2.05, 4.69) is 11.4 Å². The van der Waals surface area contributed by atoms with E-state index >= 15 is 0 Å². The van der Waals surface area contributed by atoms with E-state index in [9.17, 15) is 9.59 Å². The molecule has 1 aliphatic carbocycles.